The minimum absolute atomic E-state index is 0.0234. The second kappa shape index (κ2) is 11.6. The Morgan fingerprint density at radius 3 is 2.59 bits per heavy atom. The molecule has 0 aliphatic carbocycles. The van der Waals surface area contributed by atoms with Crippen LogP contribution < -0.4 is 15.4 Å². The molecule has 8 nitrogen and oxygen atoms in total. The fraction of sp³-hybridized carbons (Fsp3) is 0.500. The van der Waals surface area contributed by atoms with Gasteiger partial charge in [-0.2, -0.15) is 13.2 Å². The highest BCUT2D eigenvalue weighted by Gasteiger charge is 2.30. The van der Waals surface area contributed by atoms with E-state index in [-0.39, 0.29) is 30.2 Å². The lowest BCUT2D eigenvalue weighted by atomic mass is 9.96. The smallest absolute Gasteiger partial charge is 0.350 e. The van der Waals surface area contributed by atoms with Gasteiger partial charge in [-0.3, -0.25) is 14.1 Å². The van der Waals surface area contributed by atoms with Gasteiger partial charge >= 0.3 is 6.18 Å². The maximum absolute atomic E-state index is 13.1. The normalized spacial score (nSPS) is 18.5. The van der Waals surface area contributed by atoms with Crippen LogP contribution in [-0.4, -0.2) is 61.1 Å². The van der Waals surface area contributed by atoms with Crippen LogP contribution in [0.25, 0.3) is 22.2 Å². The minimum Gasteiger partial charge on any atom is -0.350 e. The van der Waals surface area contributed by atoms with Crippen LogP contribution in [0.15, 0.2) is 30.5 Å². The van der Waals surface area contributed by atoms with Crippen LogP contribution in [0.5, 0.6) is 0 Å². The molecule has 0 saturated carbocycles. The van der Waals surface area contributed by atoms with Gasteiger partial charge in [0.1, 0.15) is 0 Å². The summed E-state index contributed by atoms with van der Waals surface area (Å²) in [6.07, 6.45) is -3.58. The standard InChI is InChI=1S/C26H32F4N6O2S/c1-15(2)21-10-18(23-5-4-22(16(3)33-23)36-39(37,38)7-6-26(28,29)30)9-19-13-32-25(35-24(19)21)34-20-8-17(11-27)12-31-14-20/h4-5,9-10,13,15,17,20,31,36H,6-8,11-12,14H2,1-3H3,(H,32,34,35)/t17?,20-/m0/s1. The first-order valence-corrected chi connectivity index (χ1v) is 14.4. The third kappa shape index (κ3) is 7.53. The number of sulfonamides is 1. The number of nitrogens with zero attached hydrogens (tertiary/aromatic N) is 3. The highest BCUT2D eigenvalue weighted by Crippen LogP contribution is 2.32. The van der Waals surface area contributed by atoms with Gasteiger partial charge in [-0.05, 0) is 49.1 Å². The summed E-state index contributed by atoms with van der Waals surface area (Å²) in [5.41, 5.74) is 3.54. The number of rotatable bonds is 9. The Hall–Kier alpha value is -3.06. The van der Waals surface area contributed by atoms with Crippen LogP contribution in [0, 0.1) is 12.8 Å². The number of nitrogens with one attached hydrogen (secondary N) is 3. The molecule has 1 fully saturated rings. The molecule has 3 aromatic rings. The van der Waals surface area contributed by atoms with Crippen molar-refractivity contribution in [2.24, 2.45) is 5.92 Å². The van der Waals surface area contributed by atoms with Crippen molar-refractivity contribution in [3.05, 3.63) is 41.7 Å². The third-order valence-electron chi connectivity index (χ3n) is 6.63. The van der Waals surface area contributed by atoms with Crippen LogP contribution in [0.4, 0.5) is 29.2 Å². The summed E-state index contributed by atoms with van der Waals surface area (Å²) in [5, 5.41) is 7.34. The summed E-state index contributed by atoms with van der Waals surface area (Å²) < 4.78 is 77.0. The van der Waals surface area contributed by atoms with E-state index in [9.17, 15) is 26.0 Å². The first-order chi connectivity index (χ1) is 18.3. The van der Waals surface area contributed by atoms with Crippen molar-refractivity contribution in [2.45, 2.75) is 51.7 Å². The second-order valence-corrected chi connectivity index (χ2v) is 12.1. The maximum Gasteiger partial charge on any atom is 0.390 e. The summed E-state index contributed by atoms with van der Waals surface area (Å²) >= 11 is 0. The van der Waals surface area contributed by atoms with E-state index in [4.69, 9.17) is 4.98 Å². The molecule has 0 amide bonds. The number of benzene rings is 1. The molecule has 1 saturated heterocycles. The van der Waals surface area contributed by atoms with E-state index in [0.717, 1.165) is 22.0 Å². The van der Waals surface area contributed by atoms with Crippen LogP contribution in [0.3, 0.4) is 0 Å². The molecular formula is C26H32F4N6O2S. The molecule has 1 unspecified atom stereocenters. The topological polar surface area (TPSA) is 109 Å². The van der Waals surface area contributed by atoms with Gasteiger partial charge in [0.25, 0.3) is 0 Å². The average molecular weight is 569 g/mol. The van der Waals surface area contributed by atoms with Gasteiger partial charge in [0.05, 0.1) is 41.4 Å². The van der Waals surface area contributed by atoms with Crippen LogP contribution in [-0.2, 0) is 10.0 Å². The predicted octanol–water partition coefficient (Wildman–Crippen LogP) is 5.18. The van der Waals surface area contributed by atoms with E-state index in [1.54, 1.807) is 19.2 Å². The Balaban J connectivity index is 1.59. The number of hydrogen-bond acceptors (Lipinski definition) is 7. The first kappa shape index (κ1) is 28.9. The molecule has 1 aliphatic heterocycles. The lowest BCUT2D eigenvalue weighted by Gasteiger charge is -2.29. The zero-order valence-electron chi connectivity index (χ0n) is 21.9. The van der Waals surface area contributed by atoms with E-state index in [1.807, 2.05) is 26.0 Å². The molecule has 3 heterocycles. The molecule has 4 rings (SSSR count). The van der Waals surface area contributed by atoms with Gasteiger partial charge in [0.2, 0.25) is 16.0 Å². The van der Waals surface area contributed by atoms with Crippen molar-refractivity contribution in [2.75, 3.05) is 35.6 Å². The van der Waals surface area contributed by atoms with E-state index >= 15 is 0 Å². The molecule has 0 bridgehead atoms. The molecule has 0 radical (unpaired) electrons. The van der Waals surface area contributed by atoms with Crippen molar-refractivity contribution < 1.29 is 26.0 Å². The number of piperidine rings is 1. The van der Waals surface area contributed by atoms with Gasteiger partial charge < -0.3 is 10.6 Å². The molecule has 2 atom stereocenters. The summed E-state index contributed by atoms with van der Waals surface area (Å²) in [6.45, 7) is 6.66. The molecule has 2 aromatic heterocycles. The van der Waals surface area contributed by atoms with Crippen molar-refractivity contribution in [1.82, 2.24) is 20.3 Å². The number of hydrogen-bond donors (Lipinski definition) is 3. The maximum atomic E-state index is 13.1. The molecule has 1 aliphatic rings. The number of aryl methyl sites for hydroxylation is 1. The Bertz CT molecular complexity index is 1430. The summed E-state index contributed by atoms with van der Waals surface area (Å²) in [6, 6.07) is 7.00. The molecule has 212 valence electrons. The zero-order chi connectivity index (χ0) is 28.4. The fourth-order valence-corrected chi connectivity index (χ4v) is 5.72. The Labute approximate surface area is 225 Å². The van der Waals surface area contributed by atoms with Gasteiger partial charge in [-0.1, -0.05) is 13.8 Å². The molecule has 39 heavy (non-hydrogen) atoms. The van der Waals surface area contributed by atoms with Gasteiger partial charge in [0, 0.05) is 42.2 Å². The number of fused-ring (bicyclic) bond motifs is 1. The van der Waals surface area contributed by atoms with Crippen molar-refractivity contribution in [1.29, 1.82) is 0 Å². The Kier molecular flexibility index (Phi) is 8.60. The molecular weight excluding hydrogens is 536 g/mol. The fourth-order valence-electron chi connectivity index (χ4n) is 4.57. The van der Waals surface area contributed by atoms with Crippen molar-refractivity contribution in [3.8, 4) is 11.3 Å². The van der Waals surface area contributed by atoms with E-state index in [2.05, 4.69) is 25.3 Å². The lowest BCUT2D eigenvalue weighted by Crippen LogP contribution is -2.44. The predicted molar refractivity (Wildman–Crippen MR) is 144 cm³/mol. The lowest BCUT2D eigenvalue weighted by molar-refractivity contribution is -0.129. The van der Waals surface area contributed by atoms with E-state index < -0.39 is 28.4 Å². The third-order valence-corrected chi connectivity index (χ3v) is 7.90. The highest BCUT2D eigenvalue weighted by molar-refractivity contribution is 7.92. The van der Waals surface area contributed by atoms with Gasteiger partial charge in [-0.25, -0.2) is 18.4 Å². The van der Waals surface area contributed by atoms with Crippen LogP contribution >= 0.6 is 0 Å². The van der Waals surface area contributed by atoms with E-state index in [0.29, 0.717) is 36.8 Å². The monoisotopic (exact) mass is 568 g/mol. The van der Waals surface area contributed by atoms with Gasteiger partial charge in [-0.15, -0.1) is 0 Å². The number of anilines is 2. The summed E-state index contributed by atoms with van der Waals surface area (Å²) in [5.74, 6) is -0.518. The number of aromatic nitrogens is 3. The first-order valence-electron chi connectivity index (χ1n) is 12.7. The van der Waals surface area contributed by atoms with E-state index in [1.165, 1.54) is 6.07 Å². The van der Waals surface area contributed by atoms with Crippen molar-refractivity contribution in [3.63, 3.8) is 0 Å². The molecule has 1 aromatic carbocycles. The SMILES string of the molecule is Cc1nc(-c2cc(C(C)C)c3nc(N[C@@H]4CNCC(CF)C4)ncc3c2)ccc1NS(=O)(=O)CCC(F)(F)F. The van der Waals surface area contributed by atoms with Crippen molar-refractivity contribution >= 4 is 32.6 Å². The van der Waals surface area contributed by atoms with Crippen LogP contribution in [0.1, 0.15) is 43.9 Å². The average Bonchev–Trinajstić information content (AvgIpc) is 2.87. The van der Waals surface area contributed by atoms with Gasteiger partial charge in [0.15, 0.2) is 0 Å². The highest BCUT2D eigenvalue weighted by atomic mass is 32.2. The minimum atomic E-state index is -4.57. The molecule has 3 N–H and O–H groups in total. The molecule has 0 spiro atoms. The quantitative estimate of drug-likeness (QED) is 0.305. The number of alkyl halides is 4. The van der Waals surface area contributed by atoms with Crippen LogP contribution in [0.2, 0.25) is 0 Å². The second-order valence-electron chi connectivity index (χ2n) is 10.2. The summed E-state index contributed by atoms with van der Waals surface area (Å²) in [7, 11) is -4.19. The number of pyridine rings is 1. The molecule has 13 heteroatoms. The zero-order valence-corrected chi connectivity index (χ0v) is 22.8. The Morgan fingerprint density at radius 2 is 1.92 bits per heavy atom. The largest absolute Gasteiger partial charge is 0.390 e. The number of halogens is 4. The summed E-state index contributed by atoms with van der Waals surface area (Å²) in [4.78, 5) is 13.7. The Morgan fingerprint density at radius 1 is 1.15 bits per heavy atom.